The number of para-hydroxylation sites is 1. The third-order valence-electron chi connectivity index (χ3n) is 2.51. The van der Waals surface area contributed by atoms with Crippen LogP contribution in [0.5, 0.6) is 5.75 Å². The number of primary amides is 1. The van der Waals surface area contributed by atoms with Crippen LogP contribution in [0.1, 0.15) is 16.9 Å². The van der Waals surface area contributed by atoms with Gasteiger partial charge in [0.2, 0.25) is 11.6 Å². The second kappa shape index (κ2) is 5.87. The van der Waals surface area contributed by atoms with E-state index in [4.69, 9.17) is 15.6 Å². The molecule has 1 aromatic heterocycles. The number of rotatable bonds is 6. The first-order valence-electron chi connectivity index (χ1n) is 5.87. The third kappa shape index (κ3) is 3.14. The van der Waals surface area contributed by atoms with E-state index in [1.54, 1.807) is 12.1 Å². The second-order valence-electron chi connectivity index (χ2n) is 3.99. The molecule has 0 aliphatic rings. The summed E-state index contributed by atoms with van der Waals surface area (Å²) in [6.45, 7) is 0.0100. The van der Waals surface area contributed by atoms with E-state index in [1.165, 1.54) is 10.9 Å². The molecular weight excluding hydrogens is 262 g/mol. The molecule has 20 heavy (non-hydrogen) atoms. The smallest absolute Gasteiger partial charge is 0.360 e. The first-order valence-corrected chi connectivity index (χ1v) is 5.87. The van der Waals surface area contributed by atoms with Gasteiger partial charge in [-0.05, 0) is 12.1 Å². The highest BCUT2D eigenvalue weighted by Crippen LogP contribution is 2.20. The van der Waals surface area contributed by atoms with Gasteiger partial charge in [0.15, 0.2) is 5.75 Å². The maximum Gasteiger partial charge on any atom is 0.360 e. The molecule has 3 N–H and O–H groups in total. The highest BCUT2D eigenvalue weighted by atomic mass is 16.5. The van der Waals surface area contributed by atoms with E-state index in [2.05, 4.69) is 5.10 Å². The number of hydrogen-bond acceptors (Lipinski definition) is 4. The summed E-state index contributed by atoms with van der Waals surface area (Å²) in [5, 5.41) is 13.0. The molecule has 7 heteroatoms. The van der Waals surface area contributed by atoms with Crippen molar-refractivity contribution < 1.29 is 19.4 Å². The van der Waals surface area contributed by atoms with Gasteiger partial charge in [0.1, 0.15) is 0 Å². The van der Waals surface area contributed by atoms with Crippen LogP contribution < -0.4 is 10.5 Å². The predicted octanol–water partition coefficient (Wildman–Crippen LogP) is 0.825. The summed E-state index contributed by atoms with van der Waals surface area (Å²) in [7, 11) is 0. The first-order chi connectivity index (χ1) is 9.58. The van der Waals surface area contributed by atoms with Crippen molar-refractivity contribution in [3.8, 4) is 11.4 Å². The number of nitrogens with two attached hydrogens (primary N) is 1. The van der Waals surface area contributed by atoms with Crippen molar-refractivity contribution in [1.82, 2.24) is 9.78 Å². The van der Waals surface area contributed by atoms with Crippen molar-refractivity contribution in [3.05, 3.63) is 42.2 Å². The summed E-state index contributed by atoms with van der Waals surface area (Å²) in [5.74, 6) is -1.62. The van der Waals surface area contributed by atoms with Crippen LogP contribution in [0.2, 0.25) is 0 Å². The number of hydrogen-bond donors (Lipinski definition) is 2. The zero-order valence-corrected chi connectivity index (χ0v) is 10.5. The fourth-order valence-corrected chi connectivity index (χ4v) is 1.59. The zero-order chi connectivity index (χ0) is 14.5. The van der Waals surface area contributed by atoms with Crippen LogP contribution in [0.4, 0.5) is 0 Å². The molecule has 0 fully saturated rings. The van der Waals surface area contributed by atoms with E-state index in [1.807, 2.05) is 18.2 Å². The Labute approximate surface area is 114 Å². The maximum absolute atomic E-state index is 11.1. The van der Waals surface area contributed by atoms with Gasteiger partial charge in [0.25, 0.3) is 0 Å². The van der Waals surface area contributed by atoms with Crippen molar-refractivity contribution in [2.45, 2.75) is 6.42 Å². The van der Waals surface area contributed by atoms with Crippen molar-refractivity contribution in [2.24, 2.45) is 5.73 Å². The molecule has 0 radical (unpaired) electrons. The number of carboxylic acids is 1. The molecule has 2 rings (SSSR count). The summed E-state index contributed by atoms with van der Waals surface area (Å²) in [6.07, 6.45) is 1.47. The number of benzene rings is 1. The maximum atomic E-state index is 11.1. The lowest BCUT2D eigenvalue weighted by Gasteiger charge is -2.01. The molecule has 0 unspecified atom stereocenters. The topological polar surface area (TPSA) is 107 Å². The van der Waals surface area contributed by atoms with Gasteiger partial charge in [-0.1, -0.05) is 18.2 Å². The van der Waals surface area contributed by atoms with Gasteiger partial charge in [0, 0.05) is 0 Å². The second-order valence-corrected chi connectivity index (χ2v) is 3.99. The zero-order valence-electron chi connectivity index (χ0n) is 10.5. The molecule has 0 bridgehead atoms. The van der Waals surface area contributed by atoms with Gasteiger partial charge in [-0.3, -0.25) is 4.79 Å². The molecule has 104 valence electrons. The molecule has 0 aliphatic carbocycles. The monoisotopic (exact) mass is 275 g/mol. The Balaban J connectivity index is 2.24. The lowest BCUT2D eigenvalue weighted by Crippen LogP contribution is -2.15. The number of amides is 1. The number of ether oxygens (including phenoxy) is 1. The SMILES string of the molecule is NC(=O)CCOc1cn(-c2ccccc2)nc1C(=O)O. The number of carboxylic acid groups (broad SMARTS) is 1. The van der Waals surface area contributed by atoms with Crippen molar-refractivity contribution in [2.75, 3.05) is 6.61 Å². The normalized spacial score (nSPS) is 10.2. The van der Waals surface area contributed by atoms with Crippen LogP contribution in [-0.2, 0) is 4.79 Å². The summed E-state index contributed by atoms with van der Waals surface area (Å²) >= 11 is 0. The third-order valence-corrected chi connectivity index (χ3v) is 2.51. The minimum Gasteiger partial charge on any atom is -0.489 e. The van der Waals surface area contributed by atoms with E-state index in [0.717, 1.165) is 0 Å². The average Bonchev–Trinajstić information content (AvgIpc) is 2.84. The largest absolute Gasteiger partial charge is 0.489 e. The van der Waals surface area contributed by atoms with Gasteiger partial charge in [0.05, 0.1) is 24.9 Å². The Morgan fingerprint density at radius 3 is 2.60 bits per heavy atom. The molecular formula is C13H13N3O4. The molecule has 1 heterocycles. The highest BCUT2D eigenvalue weighted by Gasteiger charge is 2.18. The van der Waals surface area contributed by atoms with E-state index in [-0.39, 0.29) is 24.5 Å². The summed E-state index contributed by atoms with van der Waals surface area (Å²) < 4.78 is 6.65. The van der Waals surface area contributed by atoms with Gasteiger partial charge in [-0.25, -0.2) is 9.48 Å². The molecule has 0 saturated carbocycles. The molecule has 1 aromatic carbocycles. The van der Waals surface area contributed by atoms with Crippen LogP contribution in [0.15, 0.2) is 36.5 Å². The van der Waals surface area contributed by atoms with Crippen LogP contribution in [0.3, 0.4) is 0 Å². The Bertz CT molecular complexity index is 622. The Hall–Kier alpha value is -2.83. The lowest BCUT2D eigenvalue weighted by atomic mass is 10.3. The summed E-state index contributed by atoms with van der Waals surface area (Å²) in [6, 6.07) is 9.03. The van der Waals surface area contributed by atoms with Crippen LogP contribution in [0, 0.1) is 0 Å². The molecule has 0 aliphatic heterocycles. The number of nitrogens with zero attached hydrogens (tertiary/aromatic N) is 2. The molecule has 0 spiro atoms. The summed E-state index contributed by atoms with van der Waals surface area (Å²) in [5.41, 5.74) is 5.49. The quantitative estimate of drug-likeness (QED) is 0.811. The number of aromatic carboxylic acids is 1. The number of carbonyl (C=O) groups is 2. The molecule has 0 saturated heterocycles. The van der Waals surface area contributed by atoms with Gasteiger partial charge >= 0.3 is 5.97 Å². The molecule has 0 atom stereocenters. The van der Waals surface area contributed by atoms with E-state index in [0.29, 0.717) is 5.69 Å². The van der Waals surface area contributed by atoms with Crippen molar-refractivity contribution in [3.63, 3.8) is 0 Å². The van der Waals surface area contributed by atoms with Crippen LogP contribution >= 0.6 is 0 Å². The fraction of sp³-hybridized carbons (Fsp3) is 0.154. The standard InChI is InChI=1S/C13H13N3O4/c14-11(17)6-7-20-10-8-16(15-12(10)13(18)19)9-4-2-1-3-5-9/h1-5,8H,6-7H2,(H2,14,17)(H,18,19). The van der Waals surface area contributed by atoms with Crippen molar-refractivity contribution >= 4 is 11.9 Å². The van der Waals surface area contributed by atoms with Gasteiger partial charge in [-0.15, -0.1) is 0 Å². The predicted molar refractivity (Wildman–Crippen MR) is 69.8 cm³/mol. The minimum atomic E-state index is -1.20. The molecule has 7 nitrogen and oxygen atoms in total. The highest BCUT2D eigenvalue weighted by molar-refractivity contribution is 5.88. The van der Waals surface area contributed by atoms with Gasteiger partial charge < -0.3 is 15.6 Å². The Morgan fingerprint density at radius 2 is 2.00 bits per heavy atom. The first kappa shape index (κ1) is 13.6. The number of carbonyl (C=O) groups excluding carboxylic acids is 1. The van der Waals surface area contributed by atoms with Crippen LogP contribution in [-0.4, -0.2) is 33.4 Å². The number of aromatic nitrogens is 2. The van der Waals surface area contributed by atoms with E-state index in [9.17, 15) is 9.59 Å². The molecule has 2 aromatic rings. The van der Waals surface area contributed by atoms with Gasteiger partial charge in [-0.2, -0.15) is 5.10 Å². The minimum absolute atomic E-state index is 0.00950. The molecule has 1 amide bonds. The van der Waals surface area contributed by atoms with Crippen LogP contribution in [0.25, 0.3) is 5.69 Å². The van der Waals surface area contributed by atoms with Crippen molar-refractivity contribution in [1.29, 1.82) is 0 Å². The fourth-order valence-electron chi connectivity index (χ4n) is 1.59. The summed E-state index contributed by atoms with van der Waals surface area (Å²) in [4.78, 5) is 21.8. The Kier molecular flexibility index (Phi) is 3.99. The average molecular weight is 275 g/mol. The Morgan fingerprint density at radius 1 is 1.30 bits per heavy atom. The van der Waals surface area contributed by atoms with E-state index < -0.39 is 11.9 Å². The van der Waals surface area contributed by atoms with E-state index >= 15 is 0 Å². The lowest BCUT2D eigenvalue weighted by molar-refractivity contribution is -0.118.